The summed E-state index contributed by atoms with van der Waals surface area (Å²) in [5, 5.41) is 4.72. The predicted octanol–water partition coefficient (Wildman–Crippen LogP) is 4.84. The molecule has 3 heterocycles. The molecule has 1 fully saturated rings. The van der Waals surface area contributed by atoms with E-state index in [2.05, 4.69) is 34.5 Å². The molecule has 0 spiro atoms. The number of benzene rings is 3. The first kappa shape index (κ1) is 20.7. The molecule has 6 rings (SSSR count). The second-order valence-electron chi connectivity index (χ2n) is 8.70. The number of amides is 1. The first-order chi connectivity index (χ1) is 16.8. The highest BCUT2D eigenvalue weighted by molar-refractivity contribution is 6.02. The van der Waals surface area contributed by atoms with Gasteiger partial charge in [-0.25, -0.2) is 4.98 Å². The Morgan fingerprint density at radius 3 is 2.50 bits per heavy atom. The van der Waals surface area contributed by atoms with Gasteiger partial charge in [0.15, 0.2) is 0 Å². The number of aromatic nitrogens is 1. The lowest BCUT2D eigenvalue weighted by Crippen LogP contribution is -2.44. The van der Waals surface area contributed by atoms with Crippen molar-refractivity contribution in [3.63, 3.8) is 0 Å². The number of nitrogens with zero attached hydrogens (tertiary/aromatic N) is 3. The number of para-hydroxylation sites is 2. The Hall–Kier alpha value is -3.90. The minimum atomic E-state index is -0.349. The number of ether oxygens (including phenoxy) is 1. The molecular weight excluding hydrogens is 424 g/mol. The third kappa shape index (κ3) is 3.76. The molecule has 2 aliphatic rings. The molecule has 1 atom stereocenters. The molecule has 0 saturated carbocycles. The van der Waals surface area contributed by atoms with E-state index in [-0.39, 0.29) is 12.1 Å². The second-order valence-corrected chi connectivity index (χ2v) is 8.70. The summed E-state index contributed by atoms with van der Waals surface area (Å²) in [5.74, 6) is 0.925. The highest BCUT2D eigenvalue weighted by Crippen LogP contribution is 2.38. The normalized spacial score (nSPS) is 18.0. The van der Waals surface area contributed by atoms with Crippen molar-refractivity contribution in [2.24, 2.45) is 0 Å². The molecule has 4 aromatic rings. The Balaban J connectivity index is 1.51. The van der Waals surface area contributed by atoms with Crippen LogP contribution in [0.5, 0.6) is 0 Å². The van der Waals surface area contributed by atoms with Crippen molar-refractivity contribution in [1.29, 1.82) is 0 Å². The zero-order valence-corrected chi connectivity index (χ0v) is 18.9. The minimum Gasteiger partial charge on any atom is -0.378 e. The third-order valence-corrected chi connectivity index (χ3v) is 6.56. The number of morpholine rings is 1. The summed E-state index contributed by atoms with van der Waals surface area (Å²) < 4.78 is 5.61. The summed E-state index contributed by atoms with van der Waals surface area (Å²) in [5.41, 5.74) is 4.58. The minimum absolute atomic E-state index is 0.0179. The fourth-order valence-corrected chi connectivity index (χ4v) is 4.83. The van der Waals surface area contributed by atoms with Crippen molar-refractivity contribution in [2.75, 3.05) is 36.5 Å². The molecule has 170 valence electrons. The van der Waals surface area contributed by atoms with Crippen molar-refractivity contribution in [3.8, 4) is 0 Å². The first-order valence-corrected chi connectivity index (χ1v) is 11.7. The van der Waals surface area contributed by atoms with Gasteiger partial charge in [-0.1, -0.05) is 60.7 Å². The molecule has 0 unspecified atom stereocenters. The van der Waals surface area contributed by atoms with Gasteiger partial charge in [0.25, 0.3) is 5.91 Å². The van der Waals surface area contributed by atoms with Gasteiger partial charge in [0.2, 0.25) is 0 Å². The monoisotopic (exact) mass is 450 g/mol. The van der Waals surface area contributed by atoms with Crippen LogP contribution in [0.2, 0.25) is 0 Å². The van der Waals surface area contributed by atoms with Crippen molar-refractivity contribution in [3.05, 3.63) is 102 Å². The second kappa shape index (κ2) is 8.80. The van der Waals surface area contributed by atoms with Gasteiger partial charge in [-0.3, -0.25) is 4.79 Å². The average molecular weight is 451 g/mol. The molecule has 1 amide bonds. The molecule has 6 nitrogen and oxygen atoms in total. The van der Waals surface area contributed by atoms with Gasteiger partial charge in [-0.15, -0.1) is 0 Å². The molecule has 0 radical (unpaired) electrons. The number of pyridine rings is 1. The quantitative estimate of drug-likeness (QED) is 0.482. The first-order valence-electron chi connectivity index (χ1n) is 11.7. The Kier molecular flexibility index (Phi) is 5.35. The summed E-state index contributed by atoms with van der Waals surface area (Å²) in [4.78, 5) is 23.1. The van der Waals surface area contributed by atoms with E-state index in [1.165, 1.54) is 0 Å². The van der Waals surface area contributed by atoms with Crippen LogP contribution >= 0.6 is 0 Å². The number of anilines is 2. The van der Waals surface area contributed by atoms with Crippen molar-refractivity contribution < 1.29 is 9.53 Å². The van der Waals surface area contributed by atoms with E-state index in [1.807, 2.05) is 65.6 Å². The Morgan fingerprint density at radius 2 is 1.65 bits per heavy atom. The van der Waals surface area contributed by atoms with Gasteiger partial charge >= 0.3 is 0 Å². The molecule has 6 heteroatoms. The number of carbonyl (C=O) groups is 1. The SMILES string of the molecule is O=C1c2ccccc2N[C@H](c2cc3ccccc3nc2N2CCOCC2)N1Cc1ccccc1. The topological polar surface area (TPSA) is 57.7 Å². The molecule has 0 bridgehead atoms. The van der Waals surface area contributed by atoms with Crippen LogP contribution in [0.3, 0.4) is 0 Å². The zero-order chi connectivity index (χ0) is 22.9. The summed E-state index contributed by atoms with van der Waals surface area (Å²) in [7, 11) is 0. The van der Waals surface area contributed by atoms with Crippen molar-refractivity contribution in [1.82, 2.24) is 9.88 Å². The number of fused-ring (bicyclic) bond motifs is 2. The summed E-state index contributed by atoms with van der Waals surface area (Å²) in [6, 6.07) is 28.2. The predicted molar refractivity (Wildman–Crippen MR) is 134 cm³/mol. The van der Waals surface area contributed by atoms with Crippen LogP contribution in [0.4, 0.5) is 11.5 Å². The molecule has 1 saturated heterocycles. The number of carbonyl (C=O) groups excluding carboxylic acids is 1. The maximum absolute atomic E-state index is 13.8. The lowest BCUT2D eigenvalue weighted by Gasteiger charge is -2.40. The number of hydrogen-bond acceptors (Lipinski definition) is 5. The third-order valence-electron chi connectivity index (χ3n) is 6.56. The van der Waals surface area contributed by atoms with E-state index in [1.54, 1.807) is 0 Å². The van der Waals surface area contributed by atoms with E-state index in [9.17, 15) is 4.79 Å². The molecule has 2 aliphatic heterocycles. The van der Waals surface area contributed by atoms with Crippen LogP contribution in [0.25, 0.3) is 10.9 Å². The van der Waals surface area contributed by atoms with Gasteiger partial charge in [0.1, 0.15) is 12.0 Å². The van der Waals surface area contributed by atoms with Gasteiger partial charge in [-0.05, 0) is 29.8 Å². The van der Waals surface area contributed by atoms with E-state index >= 15 is 0 Å². The Morgan fingerprint density at radius 1 is 0.912 bits per heavy atom. The van der Waals surface area contributed by atoms with E-state index < -0.39 is 0 Å². The summed E-state index contributed by atoms with van der Waals surface area (Å²) in [6.45, 7) is 3.38. The van der Waals surface area contributed by atoms with Crippen LogP contribution in [0, 0.1) is 0 Å². The van der Waals surface area contributed by atoms with E-state index in [0.29, 0.717) is 25.3 Å². The van der Waals surface area contributed by atoms with Crippen molar-refractivity contribution >= 4 is 28.3 Å². The van der Waals surface area contributed by atoms with Crippen LogP contribution < -0.4 is 10.2 Å². The van der Waals surface area contributed by atoms with Gasteiger partial charge in [-0.2, -0.15) is 0 Å². The molecule has 1 N–H and O–H groups in total. The fourth-order valence-electron chi connectivity index (χ4n) is 4.83. The highest BCUT2D eigenvalue weighted by atomic mass is 16.5. The number of nitrogens with one attached hydrogen (secondary N) is 1. The van der Waals surface area contributed by atoms with Crippen LogP contribution in [0.15, 0.2) is 84.9 Å². The standard InChI is InChI=1S/C28H26N4O2/c33-28-22-11-5-7-13-25(22)30-27(32(28)19-20-8-2-1-3-9-20)23-18-21-10-4-6-12-24(21)29-26(23)31-14-16-34-17-15-31/h1-13,18,27,30H,14-17,19H2/t27-/m0/s1. The van der Waals surface area contributed by atoms with E-state index in [4.69, 9.17) is 9.72 Å². The van der Waals surface area contributed by atoms with Gasteiger partial charge in [0, 0.05) is 36.3 Å². The lowest BCUT2D eigenvalue weighted by molar-refractivity contribution is 0.0666. The molecule has 34 heavy (non-hydrogen) atoms. The zero-order valence-electron chi connectivity index (χ0n) is 18.9. The smallest absolute Gasteiger partial charge is 0.258 e. The highest BCUT2D eigenvalue weighted by Gasteiger charge is 2.35. The van der Waals surface area contributed by atoms with E-state index in [0.717, 1.165) is 46.6 Å². The van der Waals surface area contributed by atoms with Gasteiger partial charge in [0.05, 0.1) is 24.3 Å². The largest absolute Gasteiger partial charge is 0.378 e. The van der Waals surface area contributed by atoms with Gasteiger partial charge < -0.3 is 19.9 Å². The summed E-state index contributed by atoms with van der Waals surface area (Å²) >= 11 is 0. The molecule has 1 aromatic heterocycles. The molecule has 3 aromatic carbocycles. The lowest BCUT2D eigenvalue weighted by atomic mass is 10.0. The van der Waals surface area contributed by atoms with Crippen LogP contribution in [-0.4, -0.2) is 42.1 Å². The molecular formula is C28H26N4O2. The number of hydrogen-bond donors (Lipinski definition) is 1. The Labute approximate surface area is 198 Å². The van der Waals surface area contributed by atoms with Crippen molar-refractivity contribution in [2.45, 2.75) is 12.7 Å². The number of rotatable bonds is 4. The average Bonchev–Trinajstić information content (AvgIpc) is 2.90. The maximum atomic E-state index is 13.8. The fraction of sp³-hybridized carbons (Fsp3) is 0.214. The maximum Gasteiger partial charge on any atom is 0.258 e. The Bertz CT molecular complexity index is 1330. The summed E-state index contributed by atoms with van der Waals surface area (Å²) in [6.07, 6.45) is -0.349. The van der Waals surface area contributed by atoms with Crippen LogP contribution in [-0.2, 0) is 11.3 Å². The molecule has 0 aliphatic carbocycles. The van der Waals surface area contributed by atoms with Crippen LogP contribution in [0.1, 0.15) is 27.7 Å².